The van der Waals surface area contributed by atoms with E-state index in [2.05, 4.69) is 31.0 Å². The van der Waals surface area contributed by atoms with E-state index in [0.29, 0.717) is 24.6 Å². The predicted molar refractivity (Wildman–Crippen MR) is 76.7 cm³/mol. The lowest BCUT2D eigenvalue weighted by atomic mass is 9.84. The van der Waals surface area contributed by atoms with Gasteiger partial charge >= 0.3 is 0 Å². The van der Waals surface area contributed by atoms with Crippen LogP contribution in [0.5, 0.6) is 0 Å². The Hall–Kier alpha value is -0.130. The second-order valence-corrected chi connectivity index (χ2v) is 8.07. The summed E-state index contributed by atoms with van der Waals surface area (Å²) in [6, 6.07) is 0. The lowest BCUT2D eigenvalue weighted by Crippen LogP contribution is -2.48. The van der Waals surface area contributed by atoms with Crippen LogP contribution in [0.25, 0.3) is 0 Å². The second-order valence-electron chi connectivity index (χ2n) is 5.77. The van der Waals surface area contributed by atoms with Crippen molar-refractivity contribution >= 4 is 9.84 Å². The molecule has 0 aromatic rings. The first-order valence-electron chi connectivity index (χ1n) is 7.04. The van der Waals surface area contributed by atoms with Crippen molar-refractivity contribution in [2.24, 2.45) is 5.41 Å². The minimum Gasteiger partial charge on any atom is -0.316 e. The zero-order valence-electron chi connectivity index (χ0n) is 12.0. The van der Waals surface area contributed by atoms with Crippen LogP contribution >= 0.6 is 0 Å². The molecule has 1 rings (SSSR count). The van der Waals surface area contributed by atoms with E-state index >= 15 is 0 Å². The number of hydrogen-bond donors (Lipinski definition) is 1. The molecule has 4 nitrogen and oxygen atoms in total. The zero-order valence-corrected chi connectivity index (χ0v) is 12.9. The van der Waals surface area contributed by atoms with E-state index in [0.717, 1.165) is 19.6 Å². The predicted octanol–water partition coefficient (Wildman–Crippen LogP) is 1.13. The summed E-state index contributed by atoms with van der Waals surface area (Å²) >= 11 is 0. The number of nitrogens with zero attached hydrogens (tertiary/aromatic N) is 1. The molecule has 108 valence electrons. The van der Waals surface area contributed by atoms with Gasteiger partial charge in [-0.05, 0) is 18.4 Å². The van der Waals surface area contributed by atoms with Gasteiger partial charge in [-0.25, -0.2) is 8.42 Å². The first kappa shape index (κ1) is 15.9. The average molecular weight is 276 g/mol. The molecular weight excluding hydrogens is 248 g/mol. The molecule has 1 saturated heterocycles. The van der Waals surface area contributed by atoms with E-state index in [1.165, 1.54) is 12.8 Å². The monoisotopic (exact) mass is 276 g/mol. The van der Waals surface area contributed by atoms with Gasteiger partial charge in [0.05, 0.1) is 11.5 Å². The van der Waals surface area contributed by atoms with Gasteiger partial charge in [0.1, 0.15) is 0 Å². The summed E-state index contributed by atoms with van der Waals surface area (Å²) in [5, 5.41) is 3.43. The summed E-state index contributed by atoms with van der Waals surface area (Å²) in [7, 11) is -2.76. The van der Waals surface area contributed by atoms with Crippen molar-refractivity contribution in [3.63, 3.8) is 0 Å². The van der Waals surface area contributed by atoms with E-state index in [4.69, 9.17) is 0 Å². The molecule has 0 spiro atoms. The van der Waals surface area contributed by atoms with E-state index in [1.54, 1.807) is 0 Å². The Morgan fingerprint density at radius 2 is 1.83 bits per heavy atom. The molecule has 18 heavy (non-hydrogen) atoms. The summed E-state index contributed by atoms with van der Waals surface area (Å²) in [6.07, 6.45) is 2.36. The first-order chi connectivity index (χ1) is 8.41. The zero-order chi connectivity index (χ0) is 13.6. The van der Waals surface area contributed by atoms with Crippen LogP contribution in [0.15, 0.2) is 0 Å². The molecule has 0 aromatic heterocycles. The Balaban J connectivity index is 2.50. The van der Waals surface area contributed by atoms with Crippen LogP contribution in [-0.4, -0.2) is 57.5 Å². The molecule has 0 aliphatic carbocycles. The normalized spacial score (nSPS) is 23.7. The maximum absolute atomic E-state index is 11.4. The molecule has 1 atom stereocenters. The van der Waals surface area contributed by atoms with Crippen molar-refractivity contribution in [3.05, 3.63) is 0 Å². The summed E-state index contributed by atoms with van der Waals surface area (Å²) in [4.78, 5) is 2.31. The van der Waals surface area contributed by atoms with Crippen molar-refractivity contribution in [1.82, 2.24) is 10.2 Å². The topological polar surface area (TPSA) is 49.4 Å². The summed E-state index contributed by atoms with van der Waals surface area (Å²) < 4.78 is 22.8. The third-order valence-corrected chi connectivity index (χ3v) is 5.31. The van der Waals surface area contributed by atoms with Crippen LogP contribution in [0.2, 0.25) is 0 Å². The van der Waals surface area contributed by atoms with Gasteiger partial charge in [-0.1, -0.05) is 27.2 Å². The van der Waals surface area contributed by atoms with Gasteiger partial charge < -0.3 is 10.2 Å². The van der Waals surface area contributed by atoms with Gasteiger partial charge in [0.2, 0.25) is 0 Å². The molecule has 1 N–H and O–H groups in total. The number of hydrogen-bond acceptors (Lipinski definition) is 4. The lowest BCUT2D eigenvalue weighted by molar-refractivity contribution is 0.158. The van der Waals surface area contributed by atoms with Crippen LogP contribution in [0, 0.1) is 5.41 Å². The molecule has 0 bridgehead atoms. The molecule has 1 aliphatic heterocycles. The second kappa shape index (κ2) is 6.87. The van der Waals surface area contributed by atoms with Crippen molar-refractivity contribution in [3.8, 4) is 0 Å². The minimum absolute atomic E-state index is 0.256. The largest absolute Gasteiger partial charge is 0.316 e. The fourth-order valence-electron chi connectivity index (χ4n) is 2.70. The molecule has 5 heteroatoms. The highest BCUT2D eigenvalue weighted by Crippen LogP contribution is 2.24. The third kappa shape index (κ3) is 5.24. The molecule has 0 aromatic carbocycles. The van der Waals surface area contributed by atoms with Gasteiger partial charge in [0.15, 0.2) is 9.84 Å². The summed E-state index contributed by atoms with van der Waals surface area (Å²) in [6.45, 7) is 11.1. The maximum atomic E-state index is 11.4. The van der Waals surface area contributed by atoms with Crippen LogP contribution in [0.4, 0.5) is 0 Å². The fourth-order valence-corrected chi connectivity index (χ4v) is 3.98. The smallest absolute Gasteiger partial charge is 0.152 e. The van der Waals surface area contributed by atoms with Crippen LogP contribution in [0.1, 0.15) is 33.6 Å². The third-order valence-electron chi connectivity index (χ3n) is 3.70. The van der Waals surface area contributed by atoms with E-state index < -0.39 is 9.84 Å². The van der Waals surface area contributed by atoms with Crippen LogP contribution in [0.3, 0.4) is 0 Å². The quantitative estimate of drug-likeness (QED) is 0.757. The Labute approximate surface area is 112 Å². The van der Waals surface area contributed by atoms with Crippen LogP contribution in [-0.2, 0) is 9.84 Å². The van der Waals surface area contributed by atoms with E-state index in [9.17, 15) is 8.42 Å². The standard InChI is InChI=1S/C13H28N2O2S/c1-4-6-13(3,11-14-5-2)12-15-7-9-18(16,17)10-8-15/h14H,4-12H2,1-3H3. The van der Waals surface area contributed by atoms with Crippen molar-refractivity contribution < 1.29 is 8.42 Å². The fraction of sp³-hybridized carbons (Fsp3) is 1.00. The Morgan fingerprint density at radius 1 is 1.22 bits per heavy atom. The molecule has 0 amide bonds. The molecule has 0 saturated carbocycles. The average Bonchev–Trinajstić information content (AvgIpc) is 2.30. The van der Waals surface area contributed by atoms with Crippen molar-refractivity contribution in [1.29, 1.82) is 0 Å². The highest BCUT2D eigenvalue weighted by molar-refractivity contribution is 7.91. The highest BCUT2D eigenvalue weighted by Gasteiger charge is 2.29. The summed E-state index contributed by atoms with van der Waals surface area (Å²) in [5.41, 5.74) is 0.256. The number of rotatable bonds is 7. The minimum atomic E-state index is -2.76. The highest BCUT2D eigenvalue weighted by atomic mass is 32.2. The Kier molecular flexibility index (Phi) is 6.08. The lowest BCUT2D eigenvalue weighted by Gasteiger charge is -2.37. The summed E-state index contributed by atoms with van der Waals surface area (Å²) in [5.74, 6) is 0.660. The van der Waals surface area contributed by atoms with Crippen molar-refractivity contribution in [2.45, 2.75) is 33.6 Å². The molecule has 1 fully saturated rings. The van der Waals surface area contributed by atoms with Gasteiger partial charge in [0, 0.05) is 26.2 Å². The first-order valence-corrected chi connectivity index (χ1v) is 8.86. The number of sulfone groups is 1. The Morgan fingerprint density at radius 3 is 2.33 bits per heavy atom. The van der Waals surface area contributed by atoms with E-state index in [1.807, 2.05) is 0 Å². The van der Waals surface area contributed by atoms with Gasteiger partial charge in [-0.3, -0.25) is 0 Å². The molecule has 1 aliphatic rings. The molecule has 1 heterocycles. The van der Waals surface area contributed by atoms with Crippen molar-refractivity contribution in [2.75, 3.05) is 44.2 Å². The van der Waals surface area contributed by atoms with E-state index in [-0.39, 0.29) is 5.41 Å². The maximum Gasteiger partial charge on any atom is 0.152 e. The van der Waals surface area contributed by atoms with Gasteiger partial charge in [0.25, 0.3) is 0 Å². The van der Waals surface area contributed by atoms with Gasteiger partial charge in [-0.15, -0.1) is 0 Å². The molecule has 1 unspecified atom stereocenters. The van der Waals surface area contributed by atoms with Crippen LogP contribution < -0.4 is 5.32 Å². The number of nitrogens with one attached hydrogen (secondary N) is 1. The molecular formula is C13H28N2O2S. The van der Waals surface area contributed by atoms with Gasteiger partial charge in [-0.2, -0.15) is 0 Å². The molecule has 0 radical (unpaired) electrons. The Bertz CT molecular complexity index is 329. The SMILES string of the molecule is CCCC(C)(CNCC)CN1CCS(=O)(=O)CC1.